The van der Waals surface area contributed by atoms with Gasteiger partial charge in [-0.1, -0.05) is 11.3 Å². The van der Waals surface area contributed by atoms with E-state index in [1.165, 1.54) is 15.6 Å². The summed E-state index contributed by atoms with van der Waals surface area (Å²) in [7, 11) is -3.46. The van der Waals surface area contributed by atoms with Crippen molar-refractivity contribution in [2.24, 2.45) is 0 Å². The van der Waals surface area contributed by atoms with Crippen LogP contribution >= 0.6 is 11.3 Å². The van der Waals surface area contributed by atoms with E-state index in [-0.39, 0.29) is 10.8 Å². The summed E-state index contributed by atoms with van der Waals surface area (Å²) in [6.07, 6.45) is 6.41. The van der Waals surface area contributed by atoms with E-state index in [0.29, 0.717) is 43.1 Å². The minimum Gasteiger partial charge on any atom is -0.302 e. The average molecular weight is 420 g/mol. The molecule has 1 aliphatic rings. The first-order valence-electron chi connectivity index (χ1n) is 9.20. The smallest absolute Gasteiger partial charge is 0.243 e. The van der Waals surface area contributed by atoms with Crippen LogP contribution in [0.1, 0.15) is 25.7 Å². The minimum atomic E-state index is -3.46. The molecule has 0 unspecified atom stereocenters. The topological polar surface area (TPSA) is 97.2 Å². The fourth-order valence-electron chi connectivity index (χ4n) is 3.21. The van der Waals surface area contributed by atoms with Crippen LogP contribution in [0.25, 0.3) is 10.2 Å². The Balaban J connectivity index is 1.42. The fraction of sp³-hybridized carbons (Fsp3) is 0.389. The lowest BCUT2D eigenvalue weighted by Crippen LogP contribution is -2.27. The van der Waals surface area contributed by atoms with Gasteiger partial charge >= 0.3 is 0 Å². The standard InChI is InChI=1S/C18H21N5O3S2/c24-17(5-3-9-22-10-4-8-19-22)21-18-20-15-7-6-14(13-16(15)27-18)28(25,26)23-11-1-2-12-23/h4,6-8,10,13H,1-3,5,9,11-12H2,(H,20,21,24). The molecule has 0 saturated carbocycles. The van der Waals surface area contributed by atoms with Gasteiger partial charge in [0.25, 0.3) is 0 Å². The van der Waals surface area contributed by atoms with Crippen molar-refractivity contribution < 1.29 is 13.2 Å². The highest BCUT2D eigenvalue weighted by Gasteiger charge is 2.27. The molecule has 148 valence electrons. The zero-order valence-electron chi connectivity index (χ0n) is 15.2. The Kier molecular flexibility index (Phi) is 5.42. The van der Waals surface area contributed by atoms with Crippen molar-refractivity contribution in [2.45, 2.75) is 37.1 Å². The van der Waals surface area contributed by atoms with Crippen LogP contribution in [0, 0.1) is 0 Å². The molecule has 3 aromatic rings. The second-order valence-corrected chi connectivity index (χ2v) is 9.65. The van der Waals surface area contributed by atoms with Gasteiger partial charge in [-0.25, -0.2) is 13.4 Å². The van der Waals surface area contributed by atoms with E-state index in [9.17, 15) is 13.2 Å². The molecule has 2 aromatic heterocycles. The van der Waals surface area contributed by atoms with Crippen molar-refractivity contribution in [1.82, 2.24) is 19.1 Å². The highest BCUT2D eigenvalue weighted by atomic mass is 32.2. The second kappa shape index (κ2) is 7.98. The number of nitrogens with one attached hydrogen (secondary N) is 1. The molecule has 1 amide bonds. The van der Waals surface area contributed by atoms with Gasteiger partial charge in [-0.05, 0) is 43.5 Å². The molecule has 0 spiro atoms. The number of hydrogen-bond acceptors (Lipinski definition) is 6. The molecule has 1 aliphatic heterocycles. The molecule has 0 bridgehead atoms. The maximum Gasteiger partial charge on any atom is 0.243 e. The van der Waals surface area contributed by atoms with Gasteiger partial charge < -0.3 is 5.32 Å². The minimum absolute atomic E-state index is 0.115. The Labute approximate surface area is 167 Å². The number of sulfonamides is 1. The molecule has 3 heterocycles. The van der Waals surface area contributed by atoms with Crippen LogP contribution in [0.2, 0.25) is 0 Å². The highest BCUT2D eigenvalue weighted by Crippen LogP contribution is 2.30. The zero-order chi connectivity index (χ0) is 19.6. The van der Waals surface area contributed by atoms with Gasteiger partial charge in [0.15, 0.2) is 5.13 Å². The molecule has 0 radical (unpaired) electrons. The monoisotopic (exact) mass is 419 g/mol. The molecule has 0 atom stereocenters. The lowest BCUT2D eigenvalue weighted by molar-refractivity contribution is -0.116. The number of fused-ring (bicyclic) bond motifs is 1. The van der Waals surface area contributed by atoms with Crippen LogP contribution < -0.4 is 5.32 Å². The molecule has 28 heavy (non-hydrogen) atoms. The summed E-state index contributed by atoms with van der Waals surface area (Å²) in [4.78, 5) is 16.8. The van der Waals surface area contributed by atoms with Gasteiger partial charge in [0.05, 0.1) is 15.1 Å². The lowest BCUT2D eigenvalue weighted by atomic mass is 10.3. The first kappa shape index (κ1) is 19.0. The van der Waals surface area contributed by atoms with E-state index in [4.69, 9.17) is 0 Å². The average Bonchev–Trinajstić information content (AvgIpc) is 3.42. The largest absolute Gasteiger partial charge is 0.302 e. The quantitative estimate of drug-likeness (QED) is 0.635. The van der Waals surface area contributed by atoms with Crippen LogP contribution in [-0.2, 0) is 21.4 Å². The third kappa shape index (κ3) is 4.08. The van der Waals surface area contributed by atoms with Gasteiger partial charge in [-0.15, -0.1) is 0 Å². The molecular formula is C18H21N5O3S2. The molecule has 1 saturated heterocycles. The predicted octanol–water partition coefficient (Wildman–Crippen LogP) is 2.70. The fourth-order valence-corrected chi connectivity index (χ4v) is 5.75. The number of rotatable bonds is 7. The normalized spacial score (nSPS) is 15.3. The Morgan fingerprint density at radius 2 is 2.07 bits per heavy atom. The van der Waals surface area contributed by atoms with Crippen molar-refractivity contribution in [3.8, 4) is 0 Å². The van der Waals surface area contributed by atoms with Crippen molar-refractivity contribution in [1.29, 1.82) is 0 Å². The summed E-state index contributed by atoms with van der Waals surface area (Å²) < 4.78 is 29.5. The van der Waals surface area contributed by atoms with E-state index in [2.05, 4.69) is 15.4 Å². The Morgan fingerprint density at radius 3 is 2.82 bits per heavy atom. The number of anilines is 1. The van der Waals surface area contributed by atoms with Crippen LogP contribution in [0.5, 0.6) is 0 Å². The SMILES string of the molecule is O=C(CCCn1cccn1)Nc1nc2ccc(S(=O)(=O)N3CCCC3)cc2s1. The number of benzene rings is 1. The molecule has 1 N–H and O–H groups in total. The Hall–Kier alpha value is -2.30. The highest BCUT2D eigenvalue weighted by molar-refractivity contribution is 7.89. The van der Waals surface area contributed by atoms with Crippen LogP contribution in [0.3, 0.4) is 0 Å². The third-order valence-electron chi connectivity index (χ3n) is 4.66. The summed E-state index contributed by atoms with van der Waals surface area (Å²) in [5.41, 5.74) is 0.678. The molecule has 8 nitrogen and oxygen atoms in total. The van der Waals surface area contributed by atoms with Crippen molar-refractivity contribution in [3.63, 3.8) is 0 Å². The number of carbonyl (C=O) groups is 1. The number of nitrogens with zero attached hydrogens (tertiary/aromatic N) is 4. The molecule has 0 aliphatic carbocycles. The summed E-state index contributed by atoms with van der Waals surface area (Å²) in [5, 5.41) is 7.39. The Morgan fingerprint density at radius 1 is 1.25 bits per heavy atom. The number of hydrogen-bond donors (Lipinski definition) is 1. The van der Waals surface area contributed by atoms with Crippen LogP contribution in [-0.4, -0.2) is 46.5 Å². The summed E-state index contributed by atoms with van der Waals surface area (Å²) in [6.45, 7) is 1.82. The molecule has 1 aromatic carbocycles. The Bertz CT molecular complexity index is 1070. The van der Waals surface area contributed by atoms with E-state index in [1.54, 1.807) is 29.1 Å². The van der Waals surface area contributed by atoms with E-state index >= 15 is 0 Å². The van der Waals surface area contributed by atoms with Crippen LogP contribution in [0.15, 0.2) is 41.6 Å². The molecule has 10 heteroatoms. The number of amides is 1. The lowest BCUT2D eigenvalue weighted by Gasteiger charge is -2.15. The molecular weight excluding hydrogens is 398 g/mol. The first-order chi connectivity index (χ1) is 13.5. The number of thiazole rings is 1. The van der Waals surface area contributed by atoms with Gasteiger partial charge in [-0.2, -0.15) is 9.40 Å². The van der Waals surface area contributed by atoms with Gasteiger partial charge in [0.2, 0.25) is 15.9 Å². The summed E-state index contributed by atoms with van der Waals surface area (Å²) in [5.74, 6) is -0.115. The van der Waals surface area contributed by atoms with E-state index < -0.39 is 10.0 Å². The first-order valence-corrected chi connectivity index (χ1v) is 11.5. The van der Waals surface area contributed by atoms with Gasteiger partial charge in [0.1, 0.15) is 0 Å². The van der Waals surface area contributed by atoms with E-state index in [1.807, 2.05) is 12.3 Å². The number of carbonyl (C=O) groups excluding carboxylic acids is 1. The van der Waals surface area contributed by atoms with Gasteiger partial charge in [0, 0.05) is 38.4 Å². The number of aryl methyl sites for hydroxylation is 1. The summed E-state index contributed by atoms with van der Waals surface area (Å²) >= 11 is 1.29. The zero-order valence-corrected chi connectivity index (χ0v) is 16.9. The van der Waals surface area contributed by atoms with Crippen molar-refractivity contribution in [2.75, 3.05) is 18.4 Å². The molecule has 4 rings (SSSR count). The number of aromatic nitrogens is 3. The van der Waals surface area contributed by atoms with Gasteiger partial charge in [-0.3, -0.25) is 9.48 Å². The van der Waals surface area contributed by atoms with Crippen molar-refractivity contribution in [3.05, 3.63) is 36.7 Å². The third-order valence-corrected chi connectivity index (χ3v) is 7.49. The predicted molar refractivity (Wildman–Crippen MR) is 108 cm³/mol. The van der Waals surface area contributed by atoms with Crippen LogP contribution in [0.4, 0.5) is 5.13 Å². The van der Waals surface area contributed by atoms with Crippen molar-refractivity contribution >= 4 is 42.6 Å². The maximum atomic E-state index is 12.7. The summed E-state index contributed by atoms with van der Waals surface area (Å²) in [6, 6.07) is 6.78. The maximum absolute atomic E-state index is 12.7. The van der Waals surface area contributed by atoms with E-state index in [0.717, 1.165) is 17.5 Å². The second-order valence-electron chi connectivity index (χ2n) is 6.68. The molecule has 1 fully saturated rings.